The number of halogens is 1. The molecule has 3 aromatic rings. The van der Waals surface area contributed by atoms with Gasteiger partial charge in [-0.15, -0.1) is 0 Å². The molecule has 0 aliphatic carbocycles. The summed E-state index contributed by atoms with van der Waals surface area (Å²) in [5, 5.41) is 5.19. The van der Waals surface area contributed by atoms with Crippen LogP contribution >= 0.6 is 22.6 Å². The summed E-state index contributed by atoms with van der Waals surface area (Å²) in [6.07, 6.45) is 1.12. The fraction of sp³-hybridized carbons (Fsp3) is 0.250. The van der Waals surface area contributed by atoms with Crippen molar-refractivity contribution in [1.29, 1.82) is 0 Å². The summed E-state index contributed by atoms with van der Waals surface area (Å²) in [7, 11) is 0. The largest absolute Gasteiger partial charge is 0.345 e. The topological polar surface area (TPSA) is 57.8 Å². The Morgan fingerprint density at radius 2 is 2.10 bits per heavy atom. The van der Waals surface area contributed by atoms with E-state index in [1.165, 1.54) is 5.39 Å². The van der Waals surface area contributed by atoms with Gasteiger partial charge in [0.15, 0.2) is 0 Å². The highest BCUT2D eigenvalue weighted by atomic mass is 127. The first kappa shape index (κ1) is 14.3. The molecular weight excluding hydrogens is 377 g/mol. The highest BCUT2D eigenvalue weighted by molar-refractivity contribution is 14.1. The molecule has 1 aromatic carbocycles. The minimum absolute atomic E-state index is 0.0652. The van der Waals surface area contributed by atoms with Crippen LogP contribution in [0.3, 0.4) is 0 Å². The van der Waals surface area contributed by atoms with Crippen LogP contribution in [-0.2, 0) is 11.2 Å². The first-order chi connectivity index (χ1) is 10.1. The summed E-state index contributed by atoms with van der Waals surface area (Å²) in [5.74, 6) is 0.0652. The van der Waals surface area contributed by atoms with Crippen molar-refractivity contribution in [2.24, 2.45) is 0 Å². The summed E-state index contributed by atoms with van der Waals surface area (Å²) in [6, 6.07) is 12.3. The van der Waals surface area contributed by atoms with Gasteiger partial charge >= 0.3 is 0 Å². The minimum Gasteiger partial charge on any atom is -0.345 e. The number of alkyl halides is 1. The molecule has 0 spiro atoms. The van der Waals surface area contributed by atoms with Gasteiger partial charge in [0.05, 0.1) is 4.05 Å². The number of fused-ring (bicyclic) bond motifs is 3. The number of hydrogen-bond acceptors (Lipinski definition) is 2. The number of nitrogens with one attached hydrogen (secondary N) is 2. The average Bonchev–Trinajstić information content (AvgIpc) is 2.82. The lowest BCUT2D eigenvalue weighted by atomic mass is 10.1. The number of benzene rings is 1. The third-order valence-electron chi connectivity index (χ3n) is 3.39. The van der Waals surface area contributed by atoms with E-state index in [0.717, 1.165) is 22.2 Å². The van der Waals surface area contributed by atoms with Gasteiger partial charge in [-0.05, 0) is 31.5 Å². The molecule has 3 rings (SSSR count). The summed E-state index contributed by atoms with van der Waals surface area (Å²) in [4.78, 5) is 19.6. The molecule has 0 aliphatic heterocycles. The van der Waals surface area contributed by atoms with Crippen molar-refractivity contribution in [3.63, 3.8) is 0 Å². The van der Waals surface area contributed by atoms with Crippen molar-refractivity contribution >= 4 is 50.4 Å². The quantitative estimate of drug-likeness (QED) is 0.405. The van der Waals surface area contributed by atoms with Crippen molar-refractivity contribution in [3.8, 4) is 0 Å². The Balaban J connectivity index is 1.81. The molecule has 2 heterocycles. The van der Waals surface area contributed by atoms with Crippen LogP contribution < -0.4 is 5.32 Å². The van der Waals surface area contributed by atoms with Gasteiger partial charge in [-0.1, -0.05) is 40.8 Å². The highest BCUT2D eigenvalue weighted by Crippen LogP contribution is 2.24. The molecule has 1 atom stereocenters. The molecule has 2 N–H and O–H groups in total. The number of aromatic nitrogens is 2. The van der Waals surface area contributed by atoms with Gasteiger partial charge in [0.25, 0.3) is 0 Å². The van der Waals surface area contributed by atoms with Crippen LogP contribution in [0.15, 0.2) is 36.4 Å². The van der Waals surface area contributed by atoms with Gasteiger partial charge in [-0.25, -0.2) is 4.98 Å². The molecule has 2 aromatic heterocycles. The van der Waals surface area contributed by atoms with E-state index < -0.39 is 0 Å². The summed E-state index contributed by atoms with van der Waals surface area (Å²) >= 11 is 2.18. The van der Waals surface area contributed by atoms with Gasteiger partial charge in [-0.3, -0.25) is 4.79 Å². The van der Waals surface area contributed by atoms with Crippen molar-refractivity contribution in [2.45, 2.75) is 23.8 Å². The fourth-order valence-electron chi connectivity index (χ4n) is 2.44. The van der Waals surface area contributed by atoms with Gasteiger partial charge in [0, 0.05) is 28.4 Å². The van der Waals surface area contributed by atoms with E-state index in [-0.39, 0.29) is 9.96 Å². The normalized spacial score (nSPS) is 12.7. The van der Waals surface area contributed by atoms with Gasteiger partial charge in [0.2, 0.25) is 5.91 Å². The van der Waals surface area contributed by atoms with Crippen LogP contribution in [0.2, 0.25) is 0 Å². The number of para-hydroxylation sites is 1. The number of rotatable bonds is 4. The monoisotopic (exact) mass is 393 g/mol. The number of hydrogen-bond donors (Lipinski definition) is 2. The van der Waals surface area contributed by atoms with E-state index in [9.17, 15) is 4.79 Å². The van der Waals surface area contributed by atoms with Gasteiger partial charge < -0.3 is 10.3 Å². The van der Waals surface area contributed by atoms with E-state index in [0.29, 0.717) is 12.8 Å². The molecule has 0 radical (unpaired) electrons. The maximum atomic E-state index is 11.7. The number of H-pyrrole nitrogens is 1. The Hall–Kier alpha value is -1.63. The molecule has 21 heavy (non-hydrogen) atoms. The van der Waals surface area contributed by atoms with E-state index in [1.807, 2.05) is 31.2 Å². The number of carbonyl (C=O) groups excluding carboxylic acids is 1. The first-order valence-corrected chi connectivity index (χ1v) is 8.18. The lowest BCUT2D eigenvalue weighted by Crippen LogP contribution is -2.28. The maximum Gasteiger partial charge on any atom is 0.221 e. The lowest BCUT2D eigenvalue weighted by molar-refractivity contribution is -0.121. The molecule has 108 valence electrons. The first-order valence-electron chi connectivity index (χ1n) is 6.93. The second-order valence-electron chi connectivity index (χ2n) is 5.05. The SMILES string of the molecule is CC(I)NC(=O)CCc1ccc2c(n1)[nH]c1ccccc12. The number of aryl methyl sites for hydroxylation is 1. The smallest absolute Gasteiger partial charge is 0.221 e. The minimum atomic E-state index is 0.0652. The second kappa shape index (κ2) is 6.01. The molecule has 0 bridgehead atoms. The van der Waals surface area contributed by atoms with Crippen LogP contribution in [-0.4, -0.2) is 19.9 Å². The van der Waals surface area contributed by atoms with Gasteiger partial charge in [-0.2, -0.15) is 0 Å². The third kappa shape index (κ3) is 3.18. The zero-order valence-corrected chi connectivity index (χ0v) is 13.8. The standard InChI is InChI=1S/C16H16IN3O/c1-10(17)18-15(21)9-7-11-6-8-13-12-4-2-3-5-14(12)20-16(13)19-11/h2-6,8,10H,7,9H2,1H3,(H,18,21)(H,19,20). The van der Waals surface area contributed by atoms with Crippen LogP contribution in [0.1, 0.15) is 19.0 Å². The van der Waals surface area contributed by atoms with Crippen LogP contribution in [0.25, 0.3) is 21.9 Å². The lowest BCUT2D eigenvalue weighted by Gasteiger charge is -2.06. The predicted octanol–water partition coefficient (Wildman–Crippen LogP) is 3.55. The summed E-state index contributed by atoms with van der Waals surface area (Å²) in [6.45, 7) is 1.95. The molecule has 0 fully saturated rings. The number of carbonyl (C=O) groups is 1. The Bertz CT molecular complexity index is 794. The van der Waals surface area contributed by atoms with E-state index >= 15 is 0 Å². The zero-order chi connectivity index (χ0) is 14.8. The highest BCUT2D eigenvalue weighted by Gasteiger charge is 2.08. The Morgan fingerprint density at radius 1 is 1.29 bits per heavy atom. The van der Waals surface area contributed by atoms with Crippen LogP contribution in [0.5, 0.6) is 0 Å². The van der Waals surface area contributed by atoms with Crippen molar-refractivity contribution < 1.29 is 4.79 Å². The van der Waals surface area contributed by atoms with Crippen LogP contribution in [0, 0.1) is 0 Å². The third-order valence-corrected chi connectivity index (χ3v) is 3.70. The van der Waals surface area contributed by atoms with E-state index in [1.54, 1.807) is 0 Å². The molecule has 0 saturated carbocycles. The van der Waals surface area contributed by atoms with E-state index in [4.69, 9.17) is 0 Å². The molecule has 4 nitrogen and oxygen atoms in total. The summed E-state index contributed by atoms with van der Waals surface area (Å²) < 4.78 is 0.152. The molecule has 5 heteroatoms. The molecule has 0 saturated heterocycles. The summed E-state index contributed by atoms with van der Waals surface area (Å²) in [5.41, 5.74) is 2.91. The zero-order valence-electron chi connectivity index (χ0n) is 11.7. The van der Waals surface area contributed by atoms with E-state index in [2.05, 4.69) is 50.0 Å². The average molecular weight is 393 g/mol. The molecular formula is C16H16IN3O. The number of amides is 1. The Labute approximate surface area is 136 Å². The number of pyridine rings is 1. The molecule has 0 aliphatic rings. The van der Waals surface area contributed by atoms with Crippen molar-refractivity contribution in [3.05, 3.63) is 42.1 Å². The molecule has 1 amide bonds. The maximum absolute atomic E-state index is 11.7. The second-order valence-corrected chi connectivity index (χ2v) is 6.92. The van der Waals surface area contributed by atoms with Gasteiger partial charge in [0.1, 0.15) is 5.65 Å². The number of aromatic amines is 1. The van der Waals surface area contributed by atoms with Crippen LogP contribution in [0.4, 0.5) is 0 Å². The van der Waals surface area contributed by atoms with Crippen molar-refractivity contribution in [2.75, 3.05) is 0 Å². The Kier molecular flexibility index (Phi) is 4.10. The number of nitrogens with zero attached hydrogens (tertiary/aromatic N) is 1. The predicted molar refractivity (Wildman–Crippen MR) is 93.5 cm³/mol. The Morgan fingerprint density at radius 3 is 2.90 bits per heavy atom. The van der Waals surface area contributed by atoms with Crippen molar-refractivity contribution in [1.82, 2.24) is 15.3 Å². The molecule has 1 unspecified atom stereocenters. The fourth-order valence-corrected chi connectivity index (χ4v) is 2.79.